The van der Waals surface area contributed by atoms with Gasteiger partial charge in [-0.05, 0) is 36.6 Å². The Kier molecular flexibility index (Phi) is 5.30. The van der Waals surface area contributed by atoms with E-state index < -0.39 is 0 Å². The van der Waals surface area contributed by atoms with E-state index in [0.717, 1.165) is 47.4 Å². The Morgan fingerprint density at radius 2 is 2.07 bits per heavy atom. The Balaban J connectivity index is 1.39. The van der Waals surface area contributed by atoms with Crippen molar-refractivity contribution in [3.8, 4) is 5.75 Å². The van der Waals surface area contributed by atoms with Gasteiger partial charge >= 0.3 is 0 Å². The molecule has 1 aromatic heterocycles. The standard InChI is InChI=1S/C22H22N2O3/c25-21(13-17-6-1-5-16-7-3-11-23-22(16)17)24-18-8-2-9-19(14-18)27-15-20-10-4-12-26-20/h1-3,5-9,11,14,20H,4,10,12-13,15H2,(H,24,25). The molecule has 27 heavy (non-hydrogen) atoms. The lowest BCUT2D eigenvalue weighted by molar-refractivity contribution is -0.115. The van der Waals surface area contributed by atoms with Gasteiger partial charge in [0, 0.05) is 29.9 Å². The van der Waals surface area contributed by atoms with Crippen LogP contribution in [-0.2, 0) is 16.0 Å². The smallest absolute Gasteiger partial charge is 0.228 e. The summed E-state index contributed by atoms with van der Waals surface area (Å²) in [6.07, 6.45) is 4.32. The predicted molar refractivity (Wildman–Crippen MR) is 105 cm³/mol. The highest BCUT2D eigenvalue weighted by Crippen LogP contribution is 2.21. The zero-order chi connectivity index (χ0) is 18.5. The number of hydrogen-bond donors (Lipinski definition) is 1. The average molecular weight is 362 g/mol. The number of nitrogens with zero attached hydrogens (tertiary/aromatic N) is 1. The molecule has 1 saturated heterocycles. The summed E-state index contributed by atoms with van der Waals surface area (Å²) in [4.78, 5) is 16.9. The molecule has 1 amide bonds. The number of amides is 1. The van der Waals surface area contributed by atoms with Crippen LogP contribution in [0.15, 0.2) is 60.8 Å². The molecule has 0 bridgehead atoms. The van der Waals surface area contributed by atoms with Gasteiger partial charge in [-0.25, -0.2) is 0 Å². The Morgan fingerprint density at radius 1 is 1.19 bits per heavy atom. The zero-order valence-electron chi connectivity index (χ0n) is 15.1. The van der Waals surface area contributed by atoms with Gasteiger partial charge in [0.1, 0.15) is 12.4 Å². The SMILES string of the molecule is O=C(Cc1cccc2cccnc12)Nc1cccc(OCC2CCCO2)c1. The third-order valence-corrected chi connectivity index (χ3v) is 4.64. The molecule has 138 valence electrons. The van der Waals surface area contributed by atoms with Crippen LogP contribution in [0.3, 0.4) is 0 Å². The number of carbonyl (C=O) groups excluding carboxylic acids is 1. The summed E-state index contributed by atoms with van der Waals surface area (Å²) in [6.45, 7) is 1.35. The fourth-order valence-corrected chi connectivity index (χ4v) is 3.32. The first-order chi connectivity index (χ1) is 13.3. The quantitative estimate of drug-likeness (QED) is 0.721. The molecule has 1 N–H and O–H groups in total. The molecule has 0 spiro atoms. The van der Waals surface area contributed by atoms with E-state index in [0.29, 0.717) is 6.61 Å². The maximum absolute atomic E-state index is 12.5. The third-order valence-electron chi connectivity index (χ3n) is 4.64. The third kappa shape index (κ3) is 4.44. The summed E-state index contributed by atoms with van der Waals surface area (Å²) in [7, 11) is 0. The van der Waals surface area contributed by atoms with Crippen LogP contribution in [0.1, 0.15) is 18.4 Å². The number of aromatic nitrogens is 1. The van der Waals surface area contributed by atoms with E-state index >= 15 is 0 Å². The normalized spacial score (nSPS) is 16.4. The fourth-order valence-electron chi connectivity index (χ4n) is 3.32. The lowest BCUT2D eigenvalue weighted by atomic mass is 10.1. The molecule has 1 atom stereocenters. The first kappa shape index (κ1) is 17.5. The molecule has 2 aromatic carbocycles. The summed E-state index contributed by atoms with van der Waals surface area (Å²) in [6, 6.07) is 17.2. The Bertz CT molecular complexity index is 930. The topological polar surface area (TPSA) is 60.5 Å². The number of benzene rings is 2. The van der Waals surface area contributed by atoms with Gasteiger partial charge in [-0.3, -0.25) is 9.78 Å². The number of carbonyl (C=O) groups is 1. The van der Waals surface area contributed by atoms with Gasteiger partial charge < -0.3 is 14.8 Å². The van der Waals surface area contributed by atoms with Crippen molar-refractivity contribution in [3.63, 3.8) is 0 Å². The number of ether oxygens (including phenoxy) is 2. The van der Waals surface area contributed by atoms with Crippen LogP contribution in [0.5, 0.6) is 5.75 Å². The van der Waals surface area contributed by atoms with Gasteiger partial charge in [0.2, 0.25) is 5.91 Å². The largest absolute Gasteiger partial charge is 0.491 e. The average Bonchev–Trinajstić information content (AvgIpc) is 3.21. The van der Waals surface area contributed by atoms with Crippen molar-refractivity contribution in [1.82, 2.24) is 4.98 Å². The summed E-state index contributed by atoms with van der Waals surface area (Å²) in [5, 5.41) is 3.98. The lowest BCUT2D eigenvalue weighted by Gasteiger charge is -2.13. The van der Waals surface area contributed by atoms with Gasteiger partial charge in [-0.2, -0.15) is 0 Å². The number of para-hydroxylation sites is 1. The second-order valence-electron chi connectivity index (χ2n) is 6.69. The number of rotatable bonds is 6. The van der Waals surface area contributed by atoms with E-state index in [-0.39, 0.29) is 18.4 Å². The second kappa shape index (κ2) is 8.18. The van der Waals surface area contributed by atoms with Gasteiger partial charge in [-0.15, -0.1) is 0 Å². The summed E-state index contributed by atoms with van der Waals surface area (Å²) < 4.78 is 11.4. The first-order valence-corrected chi connectivity index (χ1v) is 9.25. The van der Waals surface area contributed by atoms with Crippen molar-refractivity contribution in [1.29, 1.82) is 0 Å². The molecule has 1 unspecified atom stereocenters. The van der Waals surface area contributed by atoms with Crippen LogP contribution in [0, 0.1) is 0 Å². The van der Waals surface area contributed by atoms with Crippen LogP contribution in [-0.4, -0.2) is 30.2 Å². The molecule has 2 heterocycles. The molecule has 1 fully saturated rings. The molecule has 0 aliphatic carbocycles. The van der Waals surface area contributed by atoms with Crippen molar-refractivity contribution in [2.75, 3.05) is 18.5 Å². The number of anilines is 1. The van der Waals surface area contributed by atoms with Crippen molar-refractivity contribution in [2.24, 2.45) is 0 Å². The second-order valence-corrected chi connectivity index (χ2v) is 6.69. The molecule has 0 radical (unpaired) electrons. The van der Waals surface area contributed by atoms with Gasteiger partial charge in [0.25, 0.3) is 0 Å². The van der Waals surface area contributed by atoms with Gasteiger partial charge in [-0.1, -0.05) is 30.3 Å². The summed E-state index contributed by atoms with van der Waals surface area (Å²) >= 11 is 0. The molecule has 5 heteroatoms. The minimum Gasteiger partial charge on any atom is -0.491 e. The van der Waals surface area contributed by atoms with Crippen LogP contribution in [0.4, 0.5) is 5.69 Å². The van der Waals surface area contributed by atoms with E-state index in [1.54, 1.807) is 6.20 Å². The van der Waals surface area contributed by atoms with E-state index in [2.05, 4.69) is 10.3 Å². The molecule has 4 rings (SSSR count). The maximum atomic E-state index is 12.5. The Labute approximate surface area is 158 Å². The Morgan fingerprint density at radius 3 is 2.96 bits per heavy atom. The highest BCUT2D eigenvalue weighted by molar-refractivity contribution is 5.95. The van der Waals surface area contributed by atoms with Crippen molar-refractivity contribution >= 4 is 22.5 Å². The van der Waals surface area contributed by atoms with Crippen LogP contribution < -0.4 is 10.1 Å². The number of pyridine rings is 1. The van der Waals surface area contributed by atoms with Crippen molar-refractivity contribution < 1.29 is 14.3 Å². The maximum Gasteiger partial charge on any atom is 0.228 e. The molecule has 1 aliphatic rings. The van der Waals surface area contributed by atoms with E-state index in [9.17, 15) is 4.79 Å². The van der Waals surface area contributed by atoms with Crippen LogP contribution in [0.25, 0.3) is 10.9 Å². The summed E-state index contributed by atoms with van der Waals surface area (Å²) in [5.74, 6) is 0.652. The molecule has 1 aliphatic heterocycles. The zero-order valence-corrected chi connectivity index (χ0v) is 15.1. The van der Waals surface area contributed by atoms with E-state index in [4.69, 9.17) is 9.47 Å². The molecule has 3 aromatic rings. The van der Waals surface area contributed by atoms with Crippen molar-refractivity contribution in [3.05, 3.63) is 66.4 Å². The molecular weight excluding hydrogens is 340 g/mol. The lowest BCUT2D eigenvalue weighted by Crippen LogP contribution is -2.17. The first-order valence-electron chi connectivity index (χ1n) is 9.25. The minimum absolute atomic E-state index is 0.0792. The number of nitrogens with one attached hydrogen (secondary N) is 1. The molecular formula is C22H22N2O3. The highest BCUT2D eigenvalue weighted by Gasteiger charge is 2.16. The van der Waals surface area contributed by atoms with Crippen LogP contribution in [0.2, 0.25) is 0 Å². The Hall–Kier alpha value is -2.92. The van der Waals surface area contributed by atoms with Crippen LogP contribution >= 0.6 is 0 Å². The highest BCUT2D eigenvalue weighted by atomic mass is 16.5. The number of fused-ring (bicyclic) bond motifs is 1. The van der Waals surface area contributed by atoms with Gasteiger partial charge in [0.15, 0.2) is 0 Å². The minimum atomic E-state index is -0.0792. The summed E-state index contributed by atoms with van der Waals surface area (Å²) in [5.41, 5.74) is 2.50. The van der Waals surface area contributed by atoms with E-state index in [1.165, 1.54) is 0 Å². The fraction of sp³-hybridized carbons (Fsp3) is 0.273. The molecule has 0 saturated carbocycles. The number of hydrogen-bond acceptors (Lipinski definition) is 4. The van der Waals surface area contributed by atoms with E-state index in [1.807, 2.05) is 54.6 Å². The van der Waals surface area contributed by atoms with Gasteiger partial charge in [0.05, 0.1) is 18.0 Å². The monoisotopic (exact) mass is 362 g/mol. The predicted octanol–water partition coefficient (Wildman–Crippen LogP) is 3.97. The van der Waals surface area contributed by atoms with Crippen molar-refractivity contribution in [2.45, 2.75) is 25.4 Å². The molecule has 5 nitrogen and oxygen atoms in total.